The van der Waals surface area contributed by atoms with E-state index in [0.717, 1.165) is 38.2 Å². The van der Waals surface area contributed by atoms with Crippen molar-refractivity contribution in [2.45, 2.75) is 13.5 Å². The molecular formula is C21H23N3. The topological polar surface area (TPSA) is 19.4 Å². The molecule has 3 heteroatoms. The second-order valence-corrected chi connectivity index (χ2v) is 6.64. The number of fused-ring (bicyclic) bond motifs is 1. The summed E-state index contributed by atoms with van der Waals surface area (Å²) < 4.78 is 0. The van der Waals surface area contributed by atoms with Crippen molar-refractivity contribution in [1.29, 1.82) is 0 Å². The van der Waals surface area contributed by atoms with Crippen molar-refractivity contribution in [2.24, 2.45) is 0 Å². The van der Waals surface area contributed by atoms with Gasteiger partial charge in [-0.2, -0.15) is 0 Å². The first-order valence-corrected chi connectivity index (χ1v) is 8.65. The number of aromatic nitrogens is 1. The van der Waals surface area contributed by atoms with E-state index in [1.54, 1.807) is 0 Å². The standard InChI is InChI=1S/C21H23N3/c1-17-5-4-7-20(13-17)24-11-9-23(10-12-24)16-18-14-19-6-2-3-8-21(19)22-15-18/h2-8,13-15H,9-12,16H2,1H3. The first-order valence-electron chi connectivity index (χ1n) is 8.65. The number of anilines is 1. The molecule has 0 amide bonds. The van der Waals surface area contributed by atoms with Crippen LogP contribution in [0.5, 0.6) is 0 Å². The Hall–Kier alpha value is -2.39. The number of pyridine rings is 1. The van der Waals surface area contributed by atoms with Crippen LogP contribution in [0.1, 0.15) is 11.1 Å². The van der Waals surface area contributed by atoms with Crippen LogP contribution in [-0.2, 0) is 6.54 Å². The molecule has 1 aliphatic heterocycles. The molecule has 122 valence electrons. The molecule has 2 heterocycles. The monoisotopic (exact) mass is 317 g/mol. The highest BCUT2D eigenvalue weighted by molar-refractivity contribution is 5.78. The van der Waals surface area contributed by atoms with E-state index in [2.05, 4.69) is 70.2 Å². The molecule has 0 aliphatic carbocycles. The molecular weight excluding hydrogens is 294 g/mol. The lowest BCUT2D eigenvalue weighted by Gasteiger charge is -2.36. The van der Waals surface area contributed by atoms with Crippen molar-refractivity contribution < 1.29 is 0 Å². The summed E-state index contributed by atoms with van der Waals surface area (Å²) in [5.41, 5.74) is 5.06. The first kappa shape index (κ1) is 15.2. The highest BCUT2D eigenvalue weighted by Crippen LogP contribution is 2.19. The van der Waals surface area contributed by atoms with Crippen LogP contribution >= 0.6 is 0 Å². The summed E-state index contributed by atoms with van der Waals surface area (Å²) in [6, 6.07) is 19.4. The van der Waals surface area contributed by atoms with Crippen LogP contribution in [-0.4, -0.2) is 36.1 Å². The van der Waals surface area contributed by atoms with Gasteiger partial charge in [0.25, 0.3) is 0 Å². The highest BCUT2D eigenvalue weighted by Gasteiger charge is 2.17. The molecule has 1 fully saturated rings. The van der Waals surface area contributed by atoms with Gasteiger partial charge in [0.05, 0.1) is 5.52 Å². The summed E-state index contributed by atoms with van der Waals surface area (Å²) in [4.78, 5) is 9.60. The minimum Gasteiger partial charge on any atom is -0.369 e. The second kappa shape index (κ2) is 6.62. The quantitative estimate of drug-likeness (QED) is 0.731. The molecule has 0 unspecified atom stereocenters. The molecule has 0 bridgehead atoms. The summed E-state index contributed by atoms with van der Waals surface area (Å²) >= 11 is 0. The summed E-state index contributed by atoms with van der Waals surface area (Å²) in [5, 5.41) is 1.23. The number of benzene rings is 2. The Bertz CT molecular complexity index is 835. The van der Waals surface area contributed by atoms with Crippen LogP contribution in [0.3, 0.4) is 0 Å². The van der Waals surface area contributed by atoms with Crippen molar-refractivity contribution in [2.75, 3.05) is 31.1 Å². The Morgan fingerprint density at radius 3 is 2.58 bits per heavy atom. The van der Waals surface area contributed by atoms with E-state index in [0.29, 0.717) is 0 Å². The molecule has 0 radical (unpaired) electrons. The van der Waals surface area contributed by atoms with Gasteiger partial charge in [-0.25, -0.2) is 0 Å². The fourth-order valence-electron chi connectivity index (χ4n) is 3.45. The zero-order valence-corrected chi connectivity index (χ0v) is 14.2. The van der Waals surface area contributed by atoms with E-state index in [-0.39, 0.29) is 0 Å². The number of aryl methyl sites for hydroxylation is 1. The Labute approximate surface area is 143 Å². The number of hydrogen-bond acceptors (Lipinski definition) is 3. The van der Waals surface area contributed by atoms with Crippen LogP contribution in [0.25, 0.3) is 10.9 Å². The van der Waals surface area contributed by atoms with Gasteiger partial charge in [-0.1, -0.05) is 30.3 Å². The van der Waals surface area contributed by atoms with Crippen molar-refractivity contribution in [3.05, 3.63) is 71.9 Å². The summed E-state index contributed by atoms with van der Waals surface area (Å²) in [7, 11) is 0. The van der Waals surface area contributed by atoms with Crippen LogP contribution in [0.15, 0.2) is 60.8 Å². The van der Waals surface area contributed by atoms with Crippen LogP contribution in [0, 0.1) is 6.92 Å². The second-order valence-electron chi connectivity index (χ2n) is 6.64. The molecule has 1 aromatic heterocycles. The van der Waals surface area contributed by atoms with Gasteiger partial charge in [0.1, 0.15) is 0 Å². The van der Waals surface area contributed by atoms with Crippen molar-refractivity contribution in [3.8, 4) is 0 Å². The Kier molecular flexibility index (Phi) is 4.18. The summed E-state index contributed by atoms with van der Waals surface area (Å²) in [5.74, 6) is 0. The average Bonchev–Trinajstić information content (AvgIpc) is 2.62. The first-order chi connectivity index (χ1) is 11.8. The molecule has 0 atom stereocenters. The van der Waals surface area contributed by atoms with Crippen molar-refractivity contribution in [1.82, 2.24) is 9.88 Å². The van der Waals surface area contributed by atoms with Crippen molar-refractivity contribution >= 4 is 16.6 Å². The molecule has 1 saturated heterocycles. The summed E-state index contributed by atoms with van der Waals surface area (Å²) in [6.07, 6.45) is 2.02. The van der Waals surface area contributed by atoms with Crippen LogP contribution in [0.4, 0.5) is 5.69 Å². The number of hydrogen-bond donors (Lipinski definition) is 0. The number of piperazine rings is 1. The van der Waals surface area contributed by atoms with E-state index in [1.165, 1.54) is 22.2 Å². The van der Waals surface area contributed by atoms with Gasteiger partial charge in [-0.3, -0.25) is 9.88 Å². The number of para-hydroxylation sites is 1. The lowest BCUT2D eigenvalue weighted by Crippen LogP contribution is -2.46. The largest absolute Gasteiger partial charge is 0.369 e. The zero-order chi connectivity index (χ0) is 16.4. The Morgan fingerprint density at radius 2 is 1.75 bits per heavy atom. The minimum atomic E-state index is 0.986. The SMILES string of the molecule is Cc1cccc(N2CCN(Cc3cnc4ccccc4c3)CC2)c1. The maximum Gasteiger partial charge on any atom is 0.0702 e. The van der Waals surface area contributed by atoms with Gasteiger partial charge in [-0.05, 0) is 42.3 Å². The molecule has 3 nitrogen and oxygen atoms in total. The van der Waals surface area contributed by atoms with Gasteiger partial charge in [0.15, 0.2) is 0 Å². The normalized spacial score (nSPS) is 15.8. The zero-order valence-electron chi connectivity index (χ0n) is 14.2. The fourth-order valence-corrected chi connectivity index (χ4v) is 3.45. The maximum absolute atomic E-state index is 4.58. The van der Waals surface area contributed by atoms with Gasteiger partial charge in [0.2, 0.25) is 0 Å². The van der Waals surface area contributed by atoms with Gasteiger partial charge < -0.3 is 4.90 Å². The molecule has 3 aromatic rings. The van der Waals surface area contributed by atoms with E-state index >= 15 is 0 Å². The third-order valence-electron chi connectivity index (χ3n) is 4.79. The average molecular weight is 317 g/mol. The molecule has 1 aliphatic rings. The molecule has 0 saturated carbocycles. The fraction of sp³-hybridized carbons (Fsp3) is 0.286. The Morgan fingerprint density at radius 1 is 0.917 bits per heavy atom. The van der Waals surface area contributed by atoms with Crippen LogP contribution in [0.2, 0.25) is 0 Å². The predicted octanol–water partition coefficient (Wildman–Crippen LogP) is 3.87. The highest BCUT2D eigenvalue weighted by atomic mass is 15.3. The predicted molar refractivity (Wildman–Crippen MR) is 100 cm³/mol. The lowest BCUT2D eigenvalue weighted by atomic mass is 10.1. The molecule has 2 aromatic carbocycles. The summed E-state index contributed by atoms with van der Waals surface area (Å²) in [6.45, 7) is 7.52. The minimum absolute atomic E-state index is 0.986. The molecule has 0 spiro atoms. The van der Waals surface area contributed by atoms with Gasteiger partial charge in [0, 0.05) is 50.0 Å². The smallest absolute Gasteiger partial charge is 0.0702 e. The van der Waals surface area contributed by atoms with Gasteiger partial charge in [-0.15, -0.1) is 0 Å². The Balaban J connectivity index is 1.40. The molecule has 4 rings (SSSR count). The van der Waals surface area contributed by atoms with Crippen LogP contribution < -0.4 is 4.90 Å². The molecule has 24 heavy (non-hydrogen) atoms. The van der Waals surface area contributed by atoms with E-state index in [1.807, 2.05) is 12.3 Å². The third kappa shape index (κ3) is 3.26. The number of rotatable bonds is 3. The van der Waals surface area contributed by atoms with E-state index in [9.17, 15) is 0 Å². The van der Waals surface area contributed by atoms with E-state index < -0.39 is 0 Å². The lowest BCUT2D eigenvalue weighted by molar-refractivity contribution is 0.249. The number of nitrogens with zero attached hydrogens (tertiary/aromatic N) is 3. The van der Waals surface area contributed by atoms with Gasteiger partial charge >= 0.3 is 0 Å². The van der Waals surface area contributed by atoms with Crippen molar-refractivity contribution in [3.63, 3.8) is 0 Å². The molecule has 0 N–H and O–H groups in total. The van der Waals surface area contributed by atoms with E-state index in [4.69, 9.17) is 0 Å². The third-order valence-corrected chi connectivity index (χ3v) is 4.79. The maximum atomic E-state index is 4.58.